The minimum absolute atomic E-state index is 0.00706. The molecule has 0 aromatic heterocycles. The lowest BCUT2D eigenvalue weighted by atomic mass is 10.3. The maximum atomic E-state index is 12.2. The first kappa shape index (κ1) is 21.9. The summed E-state index contributed by atoms with van der Waals surface area (Å²) in [5.74, 6) is -0.560. The van der Waals surface area contributed by atoms with Gasteiger partial charge in [-0.15, -0.1) is 11.8 Å². The Morgan fingerprint density at radius 1 is 1.00 bits per heavy atom. The van der Waals surface area contributed by atoms with Crippen LogP contribution in [0.15, 0.2) is 41.3 Å². The first-order valence-corrected chi connectivity index (χ1v) is 10.2. The van der Waals surface area contributed by atoms with Crippen molar-refractivity contribution in [1.82, 2.24) is 4.90 Å². The van der Waals surface area contributed by atoms with Gasteiger partial charge in [0.25, 0.3) is 0 Å². The first-order valence-electron chi connectivity index (χ1n) is 7.86. The van der Waals surface area contributed by atoms with Crippen LogP contribution in [0.3, 0.4) is 0 Å². The summed E-state index contributed by atoms with van der Waals surface area (Å²) >= 11 is 19.5. The molecule has 2 N–H and O–H groups in total. The third-order valence-electron chi connectivity index (χ3n) is 3.48. The number of carbonyl (C=O) groups is 2. The van der Waals surface area contributed by atoms with Gasteiger partial charge in [0.05, 0.1) is 34.5 Å². The van der Waals surface area contributed by atoms with Crippen LogP contribution >= 0.6 is 46.6 Å². The van der Waals surface area contributed by atoms with Crippen LogP contribution < -0.4 is 10.6 Å². The molecular formula is C18H18Cl3N3O2S. The summed E-state index contributed by atoms with van der Waals surface area (Å²) in [6.07, 6.45) is 1.94. The number of nitrogens with one attached hydrogen (secondary N) is 2. The Hall–Kier alpha value is -1.44. The number of benzene rings is 2. The van der Waals surface area contributed by atoms with Crippen molar-refractivity contribution in [2.45, 2.75) is 4.90 Å². The second-order valence-electron chi connectivity index (χ2n) is 5.71. The number of hydrogen-bond acceptors (Lipinski definition) is 4. The molecule has 2 aromatic rings. The Morgan fingerprint density at radius 2 is 1.56 bits per heavy atom. The zero-order valence-electron chi connectivity index (χ0n) is 14.7. The summed E-state index contributed by atoms with van der Waals surface area (Å²) in [4.78, 5) is 27.0. The maximum Gasteiger partial charge on any atom is 0.238 e. The van der Waals surface area contributed by atoms with Gasteiger partial charge in [-0.25, -0.2) is 0 Å². The molecule has 2 rings (SSSR count). The summed E-state index contributed by atoms with van der Waals surface area (Å²) in [6, 6.07) is 10.5. The van der Waals surface area contributed by atoms with Crippen molar-refractivity contribution in [2.75, 3.05) is 37.0 Å². The van der Waals surface area contributed by atoms with E-state index in [2.05, 4.69) is 10.6 Å². The quantitative estimate of drug-likeness (QED) is 0.595. The molecule has 0 radical (unpaired) electrons. The summed E-state index contributed by atoms with van der Waals surface area (Å²) in [5.41, 5.74) is 1.03. The number of halogens is 3. The lowest BCUT2D eigenvalue weighted by Gasteiger charge is -2.17. The van der Waals surface area contributed by atoms with Crippen LogP contribution in [0.4, 0.5) is 11.4 Å². The minimum atomic E-state index is -0.346. The fraction of sp³-hybridized carbons (Fsp3) is 0.222. The van der Waals surface area contributed by atoms with Crippen molar-refractivity contribution in [1.29, 1.82) is 0 Å². The van der Waals surface area contributed by atoms with Gasteiger partial charge in [-0.05, 0) is 37.6 Å². The molecule has 0 bridgehead atoms. The van der Waals surface area contributed by atoms with Crippen LogP contribution in [0.25, 0.3) is 0 Å². The number of carbonyl (C=O) groups excluding carboxylic acids is 2. The molecule has 9 heteroatoms. The van der Waals surface area contributed by atoms with Crippen molar-refractivity contribution < 1.29 is 9.59 Å². The van der Waals surface area contributed by atoms with Crippen LogP contribution in [0.2, 0.25) is 15.1 Å². The molecule has 0 aliphatic carbocycles. The third kappa shape index (κ3) is 6.59. The second kappa shape index (κ2) is 10.2. The highest BCUT2D eigenvalue weighted by Gasteiger charge is 2.15. The van der Waals surface area contributed by atoms with E-state index in [0.717, 1.165) is 10.6 Å². The van der Waals surface area contributed by atoms with E-state index in [9.17, 15) is 9.59 Å². The zero-order chi connectivity index (χ0) is 20.0. The predicted octanol–water partition coefficient (Wildman–Crippen LogP) is 4.88. The van der Waals surface area contributed by atoms with E-state index in [0.29, 0.717) is 10.7 Å². The van der Waals surface area contributed by atoms with Gasteiger partial charge in [0.1, 0.15) is 0 Å². The number of para-hydroxylation sites is 1. The van der Waals surface area contributed by atoms with Crippen molar-refractivity contribution in [3.05, 3.63) is 51.5 Å². The standard InChI is InChI=1S/C18H18Cl3N3O2S/c1-24(9-16(25)22-14-5-3-4-6-15(14)27-2)10-17(26)23-18-12(20)7-11(19)8-13(18)21/h3-8H,9-10H2,1-2H3,(H,22,25)(H,23,26). The molecule has 0 saturated heterocycles. The molecule has 2 amide bonds. The third-order valence-corrected chi connectivity index (χ3v) is 5.09. The predicted molar refractivity (Wildman–Crippen MR) is 114 cm³/mol. The molecule has 144 valence electrons. The van der Waals surface area contributed by atoms with Crippen molar-refractivity contribution in [3.63, 3.8) is 0 Å². The highest BCUT2D eigenvalue weighted by Crippen LogP contribution is 2.33. The number of rotatable bonds is 7. The smallest absolute Gasteiger partial charge is 0.238 e. The van der Waals surface area contributed by atoms with E-state index in [1.54, 1.807) is 23.7 Å². The average Bonchev–Trinajstić information content (AvgIpc) is 2.58. The van der Waals surface area contributed by atoms with Crippen LogP contribution in [0.1, 0.15) is 0 Å². The molecule has 2 aromatic carbocycles. The van der Waals surface area contributed by atoms with E-state index in [-0.39, 0.29) is 34.9 Å². The lowest BCUT2D eigenvalue weighted by molar-refractivity contribution is -0.119. The SMILES string of the molecule is CSc1ccccc1NC(=O)CN(C)CC(=O)Nc1c(Cl)cc(Cl)cc1Cl. The van der Waals surface area contributed by atoms with Crippen LogP contribution in [-0.4, -0.2) is 43.1 Å². The average molecular weight is 447 g/mol. The number of likely N-dealkylation sites (N-methyl/N-ethyl adjacent to an activating group) is 1. The molecule has 27 heavy (non-hydrogen) atoms. The Morgan fingerprint density at radius 3 is 2.15 bits per heavy atom. The van der Waals surface area contributed by atoms with E-state index in [1.807, 2.05) is 30.5 Å². The van der Waals surface area contributed by atoms with E-state index >= 15 is 0 Å². The molecule has 0 saturated carbocycles. The molecule has 0 aliphatic heterocycles. The van der Waals surface area contributed by atoms with Gasteiger partial charge >= 0.3 is 0 Å². The molecule has 0 unspecified atom stereocenters. The largest absolute Gasteiger partial charge is 0.324 e. The Bertz CT molecular complexity index is 825. The zero-order valence-corrected chi connectivity index (χ0v) is 17.8. The van der Waals surface area contributed by atoms with Gasteiger partial charge in [0.2, 0.25) is 11.8 Å². The summed E-state index contributed by atoms with van der Waals surface area (Å²) in [6.45, 7) is 0.0467. The topological polar surface area (TPSA) is 61.4 Å². The van der Waals surface area contributed by atoms with E-state index in [4.69, 9.17) is 34.8 Å². The molecular weight excluding hydrogens is 429 g/mol. The summed E-state index contributed by atoms with van der Waals surface area (Å²) < 4.78 is 0. The number of hydrogen-bond donors (Lipinski definition) is 2. The van der Waals surface area contributed by atoms with Gasteiger partial charge in [-0.1, -0.05) is 46.9 Å². The number of anilines is 2. The fourth-order valence-electron chi connectivity index (χ4n) is 2.32. The Labute approximate surface area is 177 Å². The van der Waals surface area contributed by atoms with E-state index in [1.165, 1.54) is 12.1 Å². The van der Waals surface area contributed by atoms with Crippen molar-refractivity contribution in [2.24, 2.45) is 0 Å². The number of nitrogens with zero attached hydrogens (tertiary/aromatic N) is 1. The normalized spacial score (nSPS) is 10.7. The van der Waals surface area contributed by atoms with Crippen LogP contribution in [-0.2, 0) is 9.59 Å². The first-order chi connectivity index (χ1) is 12.8. The van der Waals surface area contributed by atoms with Gasteiger partial charge in [-0.3, -0.25) is 14.5 Å². The molecule has 0 spiro atoms. The Kier molecular flexibility index (Phi) is 8.26. The highest BCUT2D eigenvalue weighted by molar-refractivity contribution is 7.98. The fourth-order valence-corrected chi connectivity index (χ4v) is 3.79. The second-order valence-corrected chi connectivity index (χ2v) is 7.81. The lowest BCUT2D eigenvalue weighted by Crippen LogP contribution is -2.36. The van der Waals surface area contributed by atoms with Gasteiger partial charge < -0.3 is 10.6 Å². The van der Waals surface area contributed by atoms with Gasteiger partial charge in [-0.2, -0.15) is 0 Å². The number of thioether (sulfide) groups is 1. The van der Waals surface area contributed by atoms with Gasteiger partial charge in [0.15, 0.2) is 0 Å². The van der Waals surface area contributed by atoms with E-state index < -0.39 is 0 Å². The highest BCUT2D eigenvalue weighted by atomic mass is 35.5. The monoisotopic (exact) mass is 445 g/mol. The molecule has 0 fully saturated rings. The Balaban J connectivity index is 1.90. The number of amides is 2. The summed E-state index contributed by atoms with van der Waals surface area (Å²) in [7, 11) is 1.67. The van der Waals surface area contributed by atoms with Crippen molar-refractivity contribution in [3.8, 4) is 0 Å². The summed E-state index contributed by atoms with van der Waals surface area (Å²) in [5, 5.41) is 6.36. The minimum Gasteiger partial charge on any atom is -0.324 e. The van der Waals surface area contributed by atoms with Gasteiger partial charge in [0, 0.05) is 9.92 Å². The van der Waals surface area contributed by atoms with Crippen molar-refractivity contribution >= 4 is 69.8 Å². The van der Waals surface area contributed by atoms with Crippen LogP contribution in [0.5, 0.6) is 0 Å². The molecule has 0 aliphatic rings. The van der Waals surface area contributed by atoms with Crippen LogP contribution in [0, 0.1) is 0 Å². The molecule has 0 atom stereocenters. The molecule has 0 heterocycles. The maximum absolute atomic E-state index is 12.2. The molecule has 5 nitrogen and oxygen atoms in total.